The van der Waals surface area contributed by atoms with E-state index in [-0.39, 0.29) is 23.8 Å². The molecule has 4 atom stereocenters. The van der Waals surface area contributed by atoms with Crippen LogP contribution >= 0.6 is 0 Å². The van der Waals surface area contributed by atoms with Crippen LogP contribution in [0.2, 0.25) is 0 Å². The second kappa shape index (κ2) is 6.24. The molecule has 1 N–H and O–H groups in total. The highest BCUT2D eigenvalue weighted by molar-refractivity contribution is 6.05. The SMILES string of the molecule is COc1ccc([C@@H]2[C@H](C(C)=O)C(=O)C[C@@](C)(O)[C@H]2C(C)=O)cc1. The lowest BCUT2D eigenvalue weighted by atomic mass is 9.60. The fourth-order valence-corrected chi connectivity index (χ4v) is 3.73. The van der Waals surface area contributed by atoms with Gasteiger partial charge in [-0.2, -0.15) is 0 Å². The second-order valence-corrected chi connectivity index (χ2v) is 6.48. The fourth-order valence-electron chi connectivity index (χ4n) is 3.73. The Hall–Kier alpha value is -2.01. The van der Waals surface area contributed by atoms with E-state index in [1.54, 1.807) is 31.4 Å². The molecule has 1 aliphatic rings. The summed E-state index contributed by atoms with van der Waals surface area (Å²) >= 11 is 0. The van der Waals surface area contributed by atoms with E-state index in [9.17, 15) is 19.5 Å². The summed E-state index contributed by atoms with van der Waals surface area (Å²) in [6.07, 6.45) is -0.186. The molecule has 0 aromatic heterocycles. The van der Waals surface area contributed by atoms with Gasteiger partial charge in [0.15, 0.2) is 0 Å². The van der Waals surface area contributed by atoms with Crippen molar-refractivity contribution in [1.82, 2.24) is 0 Å². The minimum atomic E-state index is -1.46. The Bertz CT molecular complexity index is 629. The van der Waals surface area contributed by atoms with E-state index in [1.165, 1.54) is 20.8 Å². The van der Waals surface area contributed by atoms with Crippen LogP contribution in [-0.2, 0) is 14.4 Å². The molecule has 2 rings (SSSR count). The first-order valence-electron chi connectivity index (χ1n) is 7.59. The van der Waals surface area contributed by atoms with Crippen molar-refractivity contribution in [1.29, 1.82) is 0 Å². The molecule has 0 amide bonds. The van der Waals surface area contributed by atoms with Crippen LogP contribution in [0, 0.1) is 11.8 Å². The van der Waals surface area contributed by atoms with Gasteiger partial charge in [-0.25, -0.2) is 0 Å². The van der Waals surface area contributed by atoms with Gasteiger partial charge in [0.25, 0.3) is 0 Å². The largest absolute Gasteiger partial charge is 0.497 e. The summed E-state index contributed by atoms with van der Waals surface area (Å²) in [7, 11) is 1.54. The molecular formula is C18H22O5. The van der Waals surface area contributed by atoms with Gasteiger partial charge in [0, 0.05) is 12.3 Å². The number of carbonyl (C=O) groups is 3. The van der Waals surface area contributed by atoms with Gasteiger partial charge in [-0.05, 0) is 38.5 Å². The van der Waals surface area contributed by atoms with Crippen molar-refractivity contribution in [3.8, 4) is 5.75 Å². The van der Waals surface area contributed by atoms with Gasteiger partial charge in [-0.3, -0.25) is 14.4 Å². The number of hydrogen-bond donors (Lipinski definition) is 1. The summed E-state index contributed by atoms with van der Waals surface area (Å²) in [5.41, 5.74) is -0.779. The Kier molecular flexibility index (Phi) is 4.71. The number of methoxy groups -OCH3 is 1. The normalized spacial score (nSPS) is 30.8. The van der Waals surface area contributed by atoms with Gasteiger partial charge in [-0.1, -0.05) is 12.1 Å². The number of Topliss-reactive ketones (excluding diaryl/α,β-unsaturated/α-hetero) is 3. The van der Waals surface area contributed by atoms with Crippen LogP contribution in [0.3, 0.4) is 0 Å². The second-order valence-electron chi connectivity index (χ2n) is 6.48. The number of rotatable bonds is 4. The van der Waals surface area contributed by atoms with Crippen molar-refractivity contribution in [2.45, 2.75) is 38.7 Å². The molecule has 23 heavy (non-hydrogen) atoms. The maximum absolute atomic E-state index is 12.4. The summed E-state index contributed by atoms with van der Waals surface area (Å²) in [6.45, 7) is 4.24. The lowest BCUT2D eigenvalue weighted by Gasteiger charge is -2.44. The van der Waals surface area contributed by atoms with Crippen molar-refractivity contribution in [3.05, 3.63) is 29.8 Å². The van der Waals surface area contributed by atoms with Gasteiger partial charge >= 0.3 is 0 Å². The van der Waals surface area contributed by atoms with Gasteiger partial charge in [0.2, 0.25) is 0 Å². The Morgan fingerprint density at radius 1 is 1.17 bits per heavy atom. The van der Waals surface area contributed by atoms with E-state index in [2.05, 4.69) is 0 Å². The standard InChI is InChI=1S/C18H22O5/c1-10(19)15-14(21)9-18(3,22)17(11(2)20)16(15)12-5-7-13(23-4)8-6-12/h5-8,15-17,22H,9H2,1-4H3/t15-,16-,17+,18-/m1/s1. The first-order valence-corrected chi connectivity index (χ1v) is 7.59. The molecule has 124 valence electrons. The summed E-state index contributed by atoms with van der Waals surface area (Å²) in [5.74, 6) is -2.55. The molecule has 0 radical (unpaired) electrons. The van der Waals surface area contributed by atoms with Crippen molar-refractivity contribution >= 4 is 17.3 Å². The minimum Gasteiger partial charge on any atom is -0.497 e. The molecule has 1 aliphatic carbocycles. The highest BCUT2D eigenvalue weighted by atomic mass is 16.5. The van der Waals surface area contributed by atoms with Gasteiger partial charge in [0.1, 0.15) is 23.1 Å². The van der Waals surface area contributed by atoms with Gasteiger partial charge in [-0.15, -0.1) is 0 Å². The van der Waals surface area contributed by atoms with Crippen LogP contribution in [0.1, 0.15) is 38.7 Å². The summed E-state index contributed by atoms with van der Waals surface area (Å²) in [6, 6.07) is 6.92. The first kappa shape index (κ1) is 17.3. The van der Waals surface area contributed by atoms with E-state index in [4.69, 9.17) is 4.74 Å². The van der Waals surface area contributed by atoms with Crippen LogP contribution in [0.5, 0.6) is 5.75 Å². The molecule has 0 unspecified atom stereocenters. The molecule has 0 spiro atoms. The van der Waals surface area contributed by atoms with Crippen molar-refractivity contribution in [2.24, 2.45) is 11.8 Å². The zero-order valence-electron chi connectivity index (χ0n) is 13.8. The molecule has 1 aromatic rings. The smallest absolute Gasteiger partial charge is 0.146 e. The number of ether oxygens (including phenoxy) is 1. The summed E-state index contributed by atoms with van der Waals surface area (Å²) < 4.78 is 5.12. The molecule has 1 fully saturated rings. The lowest BCUT2D eigenvalue weighted by Crippen LogP contribution is -2.53. The first-order chi connectivity index (χ1) is 10.7. The van der Waals surface area contributed by atoms with Crippen molar-refractivity contribution in [2.75, 3.05) is 7.11 Å². The maximum Gasteiger partial charge on any atom is 0.146 e. The summed E-state index contributed by atoms with van der Waals surface area (Å²) in [4.78, 5) is 36.7. The molecule has 5 nitrogen and oxygen atoms in total. The van der Waals surface area contributed by atoms with E-state index >= 15 is 0 Å². The number of ketones is 3. The minimum absolute atomic E-state index is 0.186. The Morgan fingerprint density at radius 2 is 1.74 bits per heavy atom. The molecule has 0 heterocycles. The third-order valence-electron chi connectivity index (χ3n) is 4.64. The molecule has 0 saturated heterocycles. The van der Waals surface area contributed by atoms with Crippen LogP contribution < -0.4 is 4.74 Å². The Morgan fingerprint density at radius 3 is 2.17 bits per heavy atom. The van der Waals surface area contributed by atoms with Gasteiger partial charge in [0.05, 0.1) is 24.5 Å². The molecule has 1 saturated carbocycles. The predicted molar refractivity (Wildman–Crippen MR) is 84.3 cm³/mol. The highest BCUT2D eigenvalue weighted by Crippen LogP contribution is 2.46. The van der Waals surface area contributed by atoms with E-state index < -0.39 is 23.4 Å². The van der Waals surface area contributed by atoms with Crippen LogP contribution in [0.25, 0.3) is 0 Å². The van der Waals surface area contributed by atoms with E-state index in [0.29, 0.717) is 11.3 Å². The molecular weight excluding hydrogens is 296 g/mol. The van der Waals surface area contributed by atoms with Crippen molar-refractivity contribution in [3.63, 3.8) is 0 Å². The van der Waals surface area contributed by atoms with Crippen LogP contribution in [0.15, 0.2) is 24.3 Å². The highest BCUT2D eigenvalue weighted by Gasteiger charge is 2.53. The summed E-state index contributed by atoms with van der Waals surface area (Å²) in [5, 5.41) is 10.6. The average molecular weight is 318 g/mol. The molecule has 0 aliphatic heterocycles. The zero-order valence-corrected chi connectivity index (χ0v) is 13.8. The number of hydrogen-bond acceptors (Lipinski definition) is 5. The van der Waals surface area contributed by atoms with Crippen LogP contribution in [-0.4, -0.2) is 35.2 Å². The maximum atomic E-state index is 12.4. The fraction of sp³-hybridized carbons (Fsp3) is 0.500. The third kappa shape index (κ3) is 3.20. The topological polar surface area (TPSA) is 80.7 Å². The average Bonchev–Trinajstić information content (AvgIpc) is 2.44. The molecule has 1 aromatic carbocycles. The predicted octanol–water partition coefficient (Wildman–Crippen LogP) is 1.91. The third-order valence-corrected chi connectivity index (χ3v) is 4.64. The Balaban J connectivity index is 2.58. The molecule has 0 bridgehead atoms. The zero-order chi connectivity index (χ0) is 17.4. The monoisotopic (exact) mass is 318 g/mol. The van der Waals surface area contributed by atoms with Crippen LogP contribution in [0.4, 0.5) is 0 Å². The van der Waals surface area contributed by atoms with Crippen molar-refractivity contribution < 1.29 is 24.2 Å². The quantitative estimate of drug-likeness (QED) is 0.858. The lowest BCUT2D eigenvalue weighted by molar-refractivity contribution is -0.151. The number of benzene rings is 1. The van der Waals surface area contributed by atoms with E-state index in [0.717, 1.165) is 0 Å². The Labute approximate surface area is 135 Å². The van der Waals surface area contributed by atoms with E-state index in [1.807, 2.05) is 0 Å². The number of carbonyl (C=O) groups excluding carboxylic acids is 3. The molecule has 5 heteroatoms. The van der Waals surface area contributed by atoms with Gasteiger partial charge < -0.3 is 9.84 Å². The number of aliphatic hydroxyl groups is 1.